The summed E-state index contributed by atoms with van der Waals surface area (Å²) in [6.45, 7) is 2.10. The number of hydrogen-bond acceptors (Lipinski definition) is 1. The summed E-state index contributed by atoms with van der Waals surface area (Å²) in [5, 5.41) is 0.556. The van der Waals surface area contributed by atoms with Crippen LogP contribution >= 0.6 is 0 Å². The lowest BCUT2D eigenvalue weighted by molar-refractivity contribution is 0.541. The van der Waals surface area contributed by atoms with Crippen LogP contribution in [-0.2, 0) is 11.2 Å². The number of rotatable bonds is 1. The zero-order chi connectivity index (χ0) is 5.28. The Kier molecular flexibility index (Phi) is 1.60. The average molecular weight is 118 g/mol. The second-order valence-corrected chi connectivity index (χ2v) is 3.74. The van der Waals surface area contributed by atoms with Crippen LogP contribution in [0.1, 0.15) is 19.8 Å². The highest BCUT2D eigenvalue weighted by molar-refractivity contribution is 7.93. The molecule has 42 valence electrons. The average Bonchev–Trinajstić information content (AvgIpc) is 1.65. The van der Waals surface area contributed by atoms with Crippen molar-refractivity contribution in [1.29, 1.82) is 0 Å². The van der Waals surface area contributed by atoms with Crippen molar-refractivity contribution in [3.63, 3.8) is 0 Å². The zero-order valence-corrected chi connectivity index (χ0v) is 5.33. The van der Waals surface area contributed by atoms with E-state index in [-0.39, 0.29) is 0 Å². The summed E-state index contributed by atoms with van der Waals surface area (Å²) in [5.74, 6) is 0.957. The van der Waals surface area contributed by atoms with Gasteiger partial charge in [0.1, 0.15) is 11.0 Å². The third-order valence-electron chi connectivity index (χ3n) is 1.47. The van der Waals surface area contributed by atoms with Crippen molar-refractivity contribution in [3.05, 3.63) is 0 Å². The molecule has 0 aromatic carbocycles. The van der Waals surface area contributed by atoms with Crippen LogP contribution in [0.15, 0.2) is 0 Å². The summed E-state index contributed by atoms with van der Waals surface area (Å²) in [7, 11) is 0. The minimum Gasteiger partial charge on any atom is -0.616 e. The van der Waals surface area contributed by atoms with E-state index < -0.39 is 11.2 Å². The molecule has 1 nitrogen and oxygen atoms in total. The standard InChI is InChI=1S/C5H10OS/c1-2-5-3-4-7(5)6/h5H,2-4H2,1H3. The van der Waals surface area contributed by atoms with Gasteiger partial charge < -0.3 is 4.55 Å². The second kappa shape index (κ2) is 2.05. The van der Waals surface area contributed by atoms with Gasteiger partial charge >= 0.3 is 0 Å². The quantitative estimate of drug-likeness (QED) is 0.469. The molecule has 0 N–H and O–H groups in total. The molecule has 1 fully saturated rings. The van der Waals surface area contributed by atoms with Gasteiger partial charge in [-0.2, -0.15) is 0 Å². The molecule has 0 aromatic rings. The smallest absolute Gasteiger partial charge is 0.119 e. The van der Waals surface area contributed by atoms with Crippen LogP contribution in [0.2, 0.25) is 0 Å². The fourth-order valence-corrected chi connectivity index (χ4v) is 1.90. The van der Waals surface area contributed by atoms with Crippen LogP contribution in [0.4, 0.5) is 0 Å². The monoisotopic (exact) mass is 118 g/mol. The Morgan fingerprint density at radius 2 is 2.57 bits per heavy atom. The van der Waals surface area contributed by atoms with Crippen LogP contribution in [-0.4, -0.2) is 15.6 Å². The maximum Gasteiger partial charge on any atom is 0.119 e. The lowest BCUT2D eigenvalue weighted by atomic mass is 10.2. The van der Waals surface area contributed by atoms with Gasteiger partial charge in [-0.05, 0) is 6.42 Å². The Morgan fingerprint density at radius 3 is 2.57 bits per heavy atom. The van der Waals surface area contributed by atoms with E-state index >= 15 is 0 Å². The molecular formula is C5H10OS. The lowest BCUT2D eigenvalue weighted by Gasteiger charge is -2.28. The van der Waals surface area contributed by atoms with Gasteiger partial charge in [0.15, 0.2) is 0 Å². The summed E-state index contributed by atoms with van der Waals surface area (Å²) in [5.41, 5.74) is 0. The van der Waals surface area contributed by atoms with Crippen molar-refractivity contribution in [3.8, 4) is 0 Å². The first-order valence-corrected chi connectivity index (χ1v) is 4.10. The van der Waals surface area contributed by atoms with Crippen molar-refractivity contribution in [1.82, 2.24) is 0 Å². The maximum atomic E-state index is 10.6. The summed E-state index contributed by atoms with van der Waals surface area (Å²) >= 11 is -0.430. The van der Waals surface area contributed by atoms with Gasteiger partial charge in [-0.15, -0.1) is 0 Å². The molecule has 1 saturated heterocycles. The topological polar surface area (TPSA) is 23.1 Å². The molecule has 1 rings (SSSR count). The van der Waals surface area contributed by atoms with Crippen LogP contribution in [0, 0.1) is 0 Å². The third-order valence-corrected chi connectivity index (χ3v) is 3.42. The molecule has 0 bridgehead atoms. The van der Waals surface area contributed by atoms with Gasteiger partial charge in [-0.1, -0.05) is 18.1 Å². The molecule has 2 heteroatoms. The molecule has 0 spiro atoms. The first kappa shape index (κ1) is 5.45. The Balaban J connectivity index is 2.16. The normalized spacial score (nSPS) is 40.3. The fourth-order valence-electron chi connectivity index (χ4n) is 0.771. The van der Waals surface area contributed by atoms with Crippen molar-refractivity contribution in [2.45, 2.75) is 25.0 Å². The zero-order valence-electron chi connectivity index (χ0n) is 4.52. The van der Waals surface area contributed by atoms with Gasteiger partial charge in [0.2, 0.25) is 0 Å². The van der Waals surface area contributed by atoms with E-state index in [9.17, 15) is 4.55 Å². The van der Waals surface area contributed by atoms with Crippen molar-refractivity contribution >= 4 is 11.2 Å². The molecule has 0 aliphatic carbocycles. The van der Waals surface area contributed by atoms with E-state index in [1.54, 1.807) is 0 Å². The SMILES string of the molecule is CCC1CC[S+]1[O-]. The summed E-state index contributed by atoms with van der Waals surface area (Å²) in [6, 6.07) is 0. The third kappa shape index (κ3) is 0.916. The Hall–Kier alpha value is 0.310. The molecule has 7 heavy (non-hydrogen) atoms. The first-order chi connectivity index (χ1) is 3.34. The highest BCUT2D eigenvalue weighted by Gasteiger charge is 2.30. The molecule has 0 aromatic heterocycles. The number of hydrogen-bond donors (Lipinski definition) is 0. The van der Waals surface area contributed by atoms with E-state index in [0.29, 0.717) is 5.25 Å². The van der Waals surface area contributed by atoms with E-state index in [0.717, 1.165) is 12.2 Å². The minimum absolute atomic E-state index is 0.430. The highest BCUT2D eigenvalue weighted by Crippen LogP contribution is 2.22. The molecule has 2 atom stereocenters. The molecule has 2 unspecified atom stereocenters. The minimum atomic E-state index is -0.430. The summed E-state index contributed by atoms with van der Waals surface area (Å²) in [4.78, 5) is 0. The van der Waals surface area contributed by atoms with Crippen molar-refractivity contribution < 1.29 is 4.55 Å². The van der Waals surface area contributed by atoms with Crippen LogP contribution < -0.4 is 0 Å². The van der Waals surface area contributed by atoms with Crippen molar-refractivity contribution in [2.75, 3.05) is 5.75 Å². The molecule has 0 radical (unpaired) electrons. The van der Waals surface area contributed by atoms with Crippen LogP contribution in [0.3, 0.4) is 0 Å². The molecule has 0 amide bonds. The van der Waals surface area contributed by atoms with Crippen LogP contribution in [0.25, 0.3) is 0 Å². The fraction of sp³-hybridized carbons (Fsp3) is 1.00. The lowest BCUT2D eigenvalue weighted by Crippen LogP contribution is -2.35. The van der Waals surface area contributed by atoms with Gasteiger partial charge in [-0.3, -0.25) is 0 Å². The van der Waals surface area contributed by atoms with Crippen molar-refractivity contribution in [2.24, 2.45) is 0 Å². The van der Waals surface area contributed by atoms with Crippen LogP contribution in [0.5, 0.6) is 0 Å². The van der Waals surface area contributed by atoms with Gasteiger partial charge in [-0.25, -0.2) is 0 Å². The first-order valence-electron chi connectivity index (χ1n) is 2.71. The van der Waals surface area contributed by atoms with Gasteiger partial charge in [0, 0.05) is 6.42 Å². The Morgan fingerprint density at radius 1 is 1.86 bits per heavy atom. The maximum absolute atomic E-state index is 10.6. The Bertz CT molecular complexity index is 63.1. The Labute approximate surface area is 47.3 Å². The van der Waals surface area contributed by atoms with E-state index in [2.05, 4.69) is 6.92 Å². The molecular weight excluding hydrogens is 108 g/mol. The van der Waals surface area contributed by atoms with E-state index in [1.807, 2.05) is 0 Å². The second-order valence-electron chi connectivity index (χ2n) is 1.90. The molecule has 1 heterocycles. The predicted octanol–water partition coefficient (Wildman–Crippen LogP) is 0.917. The largest absolute Gasteiger partial charge is 0.616 e. The molecule has 1 aliphatic rings. The molecule has 0 saturated carbocycles. The highest BCUT2D eigenvalue weighted by atomic mass is 32.2. The van der Waals surface area contributed by atoms with Gasteiger partial charge in [0.05, 0.1) is 0 Å². The summed E-state index contributed by atoms with van der Waals surface area (Å²) in [6.07, 6.45) is 2.30. The van der Waals surface area contributed by atoms with E-state index in [1.165, 1.54) is 6.42 Å². The van der Waals surface area contributed by atoms with E-state index in [4.69, 9.17) is 0 Å². The van der Waals surface area contributed by atoms with Gasteiger partial charge in [0.25, 0.3) is 0 Å². The molecule has 1 aliphatic heterocycles. The summed E-state index contributed by atoms with van der Waals surface area (Å²) < 4.78 is 10.6. The predicted molar refractivity (Wildman–Crippen MR) is 31.7 cm³/mol.